The Bertz CT molecular complexity index is 1150. The van der Waals surface area contributed by atoms with Crippen molar-refractivity contribution >= 4 is 8.60 Å². The Labute approximate surface area is 253 Å². The van der Waals surface area contributed by atoms with Crippen molar-refractivity contribution in [1.29, 1.82) is 0 Å². The van der Waals surface area contributed by atoms with Crippen molar-refractivity contribution in [2.75, 3.05) is 0 Å². The highest BCUT2D eigenvalue weighted by atomic mass is 31.2. The smallest absolute Gasteiger partial charge is 0.328 e. The first-order chi connectivity index (χ1) is 18.6. The van der Waals surface area contributed by atoms with Crippen LogP contribution in [-0.2, 0) is 38.2 Å². The summed E-state index contributed by atoms with van der Waals surface area (Å²) in [6, 6.07) is 9.59. The van der Waals surface area contributed by atoms with Crippen LogP contribution in [0, 0.1) is 5.92 Å². The van der Waals surface area contributed by atoms with Crippen LogP contribution in [0.5, 0.6) is 0 Å². The topological polar surface area (TPSA) is 49.7 Å². The molecular weight excluding hydrogens is 523 g/mol. The van der Waals surface area contributed by atoms with E-state index in [0.29, 0.717) is 0 Å². The fraction of sp³-hybridized carbons (Fsp3) is 0.676. The van der Waals surface area contributed by atoms with Crippen LogP contribution in [0.15, 0.2) is 24.3 Å². The molecule has 2 N–H and O–H groups in total. The molecule has 2 aromatic rings. The minimum atomic E-state index is -2.63. The molecule has 0 saturated carbocycles. The lowest BCUT2D eigenvalue weighted by Crippen LogP contribution is -2.46. The maximum Gasteiger partial charge on any atom is 0.328 e. The second-order valence-corrected chi connectivity index (χ2v) is 17.3. The van der Waals surface area contributed by atoms with Crippen molar-refractivity contribution in [3.05, 3.63) is 68.8 Å². The standard InChI is InChI=1S/C37H59O3P/c1-15-17-18-26(16-2)37(40-41(38)39)31-24(20-27(33(3,4)5)22-29(31)35(9,10)11)19-25-21-28(34(6,7)8)23-30(32(25)37)36(12,13)14/h20-23,26,38-39H,15-19H2,1-14H3. The first-order valence-corrected chi connectivity index (χ1v) is 17.0. The highest BCUT2D eigenvalue weighted by molar-refractivity contribution is 7.39. The van der Waals surface area contributed by atoms with Gasteiger partial charge in [-0.2, -0.15) is 0 Å². The van der Waals surface area contributed by atoms with Gasteiger partial charge in [0, 0.05) is 0 Å². The number of benzene rings is 2. The summed E-state index contributed by atoms with van der Waals surface area (Å²) in [5.41, 5.74) is 8.73. The van der Waals surface area contributed by atoms with Crippen molar-refractivity contribution in [3.63, 3.8) is 0 Å². The van der Waals surface area contributed by atoms with E-state index in [-0.39, 0.29) is 27.6 Å². The lowest BCUT2D eigenvalue weighted by Gasteiger charge is -2.50. The van der Waals surface area contributed by atoms with E-state index in [4.69, 9.17) is 4.52 Å². The molecule has 0 radical (unpaired) electrons. The normalized spacial score (nSPS) is 16.5. The van der Waals surface area contributed by atoms with Crippen LogP contribution in [0.3, 0.4) is 0 Å². The molecule has 0 aliphatic heterocycles. The summed E-state index contributed by atoms with van der Waals surface area (Å²) in [6.45, 7) is 31.9. The third-order valence-corrected chi connectivity index (χ3v) is 9.56. The van der Waals surface area contributed by atoms with Crippen LogP contribution >= 0.6 is 8.60 Å². The zero-order valence-corrected chi connectivity index (χ0v) is 29.6. The van der Waals surface area contributed by atoms with Gasteiger partial charge in [0.05, 0.1) is 0 Å². The minimum absolute atomic E-state index is 0.0183. The Balaban J connectivity index is 2.70. The first kappa shape index (κ1) is 34.2. The van der Waals surface area contributed by atoms with Gasteiger partial charge in [0.15, 0.2) is 0 Å². The van der Waals surface area contributed by atoms with Crippen molar-refractivity contribution in [3.8, 4) is 0 Å². The number of unbranched alkanes of at least 4 members (excludes halogenated alkanes) is 1. The van der Waals surface area contributed by atoms with E-state index in [1.54, 1.807) is 0 Å². The van der Waals surface area contributed by atoms with Crippen LogP contribution in [0.1, 0.15) is 167 Å². The van der Waals surface area contributed by atoms with Crippen LogP contribution in [-0.4, -0.2) is 9.79 Å². The molecule has 1 aliphatic carbocycles. The fourth-order valence-electron chi connectivity index (χ4n) is 6.79. The molecule has 41 heavy (non-hydrogen) atoms. The maximum absolute atomic E-state index is 10.8. The van der Waals surface area contributed by atoms with Crippen molar-refractivity contribution in [1.82, 2.24) is 0 Å². The molecule has 3 rings (SSSR count). The summed E-state index contributed by atoms with van der Waals surface area (Å²) in [5, 5.41) is 0. The van der Waals surface area contributed by atoms with E-state index in [9.17, 15) is 9.79 Å². The van der Waals surface area contributed by atoms with Crippen LogP contribution in [0.25, 0.3) is 0 Å². The molecule has 0 amide bonds. The molecule has 0 aromatic heterocycles. The molecule has 0 spiro atoms. The van der Waals surface area contributed by atoms with Gasteiger partial charge < -0.3 is 9.79 Å². The summed E-state index contributed by atoms with van der Waals surface area (Å²) in [7, 11) is -2.63. The third kappa shape index (κ3) is 6.80. The van der Waals surface area contributed by atoms with Gasteiger partial charge in [0.1, 0.15) is 5.60 Å². The van der Waals surface area contributed by atoms with Crippen LogP contribution < -0.4 is 0 Å². The maximum atomic E-state index is 10.8. The fourth-order valence-corrected chi connectivity index (χ4v) is 7.38. The molecule has 230 valence electrons. The zero-order valence-electron chi connectivity index (χ0n) is 28.7. The number of hydrogen-bond donors (Lipinski definition) is 2. The first-order valence-electron chi connectivity index (χ1n) is 15.8. The summed E-state index contributed by atoms with van der Waals surface area (Å²) in [6.07, 6.45) is 4.82. The van der Waals surface area contributed by atoms with E-state index in [1.165, 1.54) is 44.5 Å². The molecule has 0 fully saturated rings. The third-order valence-electron chi connectivity index (χ3n) is 9.11. The molecule has 4 heteroatoms. The highest BCUT2D eigenvalue weighted by Gasteiger charge is 2.53. The van der Waals surface area contributed by atoms with E-state index in [2.05, 4.69) is 121 Å². The van der Waals surface area contributed by atoms with Gasteiger partial charge in [-0.1, -0.05) is 134 Å². The summed E-state index contributed by atoms with van der Waals surface area (Å²) in [4.78, 5) is 21.7. The Morgan fingerprint density at radius 2 is 1.12 bits per heavy atom. The van der Waals surface area contributed by atoms with Gasteiger partial charge >= 0.3 is 8.60 Å². The second-order valence-electron chi connectivity index (χ2n) is 16.6. The Kier molecular flexibility index (Phi) is 9.76. The average Bonchev–Trinajstić information content (AvgIpc) is 2.80. The predicted octanol–water partition coefficient (Wildman–Crippen LogP) is 10.5. The van der Waals surface area contributed by atoms with E-state index < -0.39 is 14.2 Å². The second kappa shape index (κ2) is 11.7. The number of hydrogen-bond acceptors (Lipinski definition) is 3. The molecule has 0 saturated heterocycles. The lowest BCUT2D eigenvalue weighted by atomic mass is 9.59. The van der Waals surface area contributed by atoms with E-state index >= 15 is 0 Å². The molecule has 0 heterocycles. The van der Waals surface area contributed by atoms with Gasteiger partial charge in [-0.25, -0.2) is 0 Å². The average molecular weight is 583 g/mol. The zero-order chi connectivity index (χ0) is 31.3. The van der Waals surface area contributed by atoms with Gasteiger partial charge in [-0.15, -0.1) is 0 Å². The number of fused-ring (bicyclic) bond motifs is 2. The van der Waals surface area contributed by atoms with Gasteiger partial charge in [0.25, 0.3) is 0 Å². The Hall–Kier alpha value is -1.25. The van der Waals surface area contributed by atoms with Crippen molar-refractivity contribution in [2.24, 2.45) is 5.92 Å². The molecule has 0 bridgehead atoms. The Morgan fingerprint density at radius 3 is 1.41 bits per heavy atom. The highest BCUT2D eigenvalue weighted by Crippen LogP contribution is 2.59. The SMILES string of the molecule is CCCCC(CC)C1(OP(O)O)c2c(cc(C(C)(C)C)cc2C(C)(C)C)Cc2cc(C(C)(C)C)cc(C(C)(C)C)c21. The summed E-state index contributed by atoms with van der Waals surface area (Å²) < 4.78 is 6.78. The quantitative estimate of drug-likeness (QED) is 0.319. The van der Waals surface area contributed by atoms with E-state index in [1.807, 2.05) is 0 Å². The molecular formula is C37H59O3P. The van der Waals surface area contributed by atoms with E-state index in [0.717, 1.165) is 32.1 Å². The number of rotatable bonds is 7. The lowest BCUT2D eigenvalue weighted by molar-refractivity contribution is 0.0176. The molecule has 2 aromatic carbocycles. The van der Waals surface area contributed by atoms with Gasteiger partial charge in [-0.3, -0.25) is 4.52 Å². The van der Waals surface area contributed by atoms with Crippen molar-refractivity contribution in [2.45, 2.75) is 156 Å². The largest absolute Gasteiger partial charge is 0.328 e. The van der Waals surface area contributed by atoms with Crippen LogP contribution in [0.2, 0.25) is 0 Å². The Morgan fingerprint density at radius 1 is 0.707 bits per heavy atom. The minimum Gasteiger partial charge on any atom is -0.328 e. The van der Waals surface area contributed by atoms with Crippen molar-refractivity contribution < 1.29 is 14.3 Å². The molecule has 1 unspecified atom stereocenters. The molecule has 1 aliphatic rings. The van der Waals surface area contributed by atoms with Crippen LogP contribution in [0.4, 0.5) is 0 Å². The monoisotopic (exact) mass is 582 g/mol. The predicted molar refractivity (Wildman–Crippen MR) is 177 cm³/mol. The molecule has 3 nitrogen and oxygen atoms in total. The summed E-state index contributed by atoms with van der Waals surface area (Å²) >= 11 is 0. The molecule has 1 atom stereocenters. The van der Waals surface area contributed by atoms with Gasteiger partial charge in [0.2, 0.25) is 0 Å². The summed E-state index contributed by atoms with van der Waals surface area (Å²) in [5.74, 6) is 0.0905. The van der Waals surface area contributed by atoms with Gasteiger partial charge in [-0.05, 0) is 91.3 Å².